The Hall–Kier alpha value is 0.337. The van der Waals surface area contributed by atoms with Gasteiger partial charge in [-0.1, -0.05) is 0 Å². The van der Waals surface area contributed by atoms with Gasteiger partial charge in [-0.15, -0.1) is 0 Å². The van der Waals surface area contributed by atoms with E-state index in [1.54, 1.807) is 33.7 Å². The van der Waals surface area contributed by atoms with E-state index in [1.165, 1.54) is 8.70 Å². The SMILES string of the molecule is [AsH2]c1cccc([AsH2])c1. The first-order chi connectivity index (χ1) is 3.79. The van der Waals surface area contributed by atoms with Crippen molar-refractivity contribution in [1.29, 1.82) is 0 Å². The molecule has 2 atom stereocenters. The summed E-state index contributed by atoms with van der Waals surface area (Å²) in [6.45, 7) is 0. The number of hydrogen-bond donors (Lipinski definition) is 0. The average molecular weight is 230 g/mol. The van der Waals surface area contributed by atoms with E-state index in [0.717, 1.165) is 0 Å². The third kappa shape index (κ3) is 1.69. The molecule has 0 heterocycles. The molecule has 0 fully saturated rings. The van der Waals surface area contributed by atoms with Crippen molar-refractivity contribution >= 4 is 42.4 Å². The molecule has 1 aromatic rings. The monoisotopic (exact) mass is 230 g/mol. The molecule has 1 rings (SSSR count). The van der Waals surface area contributed by atoms with Gasteiger partial charge in [0.15, 0.2) is 0 Å². The van der Waals surface area contributed by atoms with Gasteiger partial charge in [0.05, 0.1) is 0 Å². The Balaban J connectivity index is 3.08. The van der Waals surface area contributed by atoms with Gasteiger partial charge in [0.25, 0.3) is 0 Å². The topological polar surface area (TPSA) is 0 Å². The molecule has 0 bridgehead atoms. The van der Waals surface area contributed by atoms with Crippen molar-refractivity contribution in [2.75, 3.05) is 0 Å². The van der Waals surface area contributed by atoms with Crippen LogP contribution in [0.5, 0.6) is 0 Å². The zero-order valence-corrected chi connectivity index (χ0v) is 9.31. The third-order valence-corrected chi connectivity index (χ3v) is 2.42. The number of benzene rings is 1. The molecule has 0 saturated heterocycles. The van der Waals surface area contributed by atoms with Crippen LogP contribution in [0.2, 0.25) is 0 Å². The first kappa shape index (κ1) is 6.46. The molecule has 0 spiro atoms. The van der Waals surface area contributed by atoms with Crippen molar-refractivity contribution in [1.82, 2.24) is 0 Å². The Morgan fingerprint density at radius 3 is 1.75 bits per heavy atom. The van der Waals surface area contributed by atoms with E-state index >= 15 is 0 Å². The van der Waals surface area contributed by atoms with Crippen molar-refractivity contribution in [3.63, 3.8) is 0 Å². The molecular formula is C6H8As2. The molecule has 1 aromatic carbocycles. The molecule has 0 nitrogen and oxygen atoms in total. The van der Waals surface area contributed by atoms with Crippen LogP contribution in [0.3, 0.4) is 0 Å². The molecule has 0 radical (unpaired) electrons. The maximum absolute atomic E-state index is 2.22. The van der Waals surface area contributed by atoms with Gasteiger partial charge in [0.1, 0.15) is 0 Å². The summed E-state index contributed by atoms with van der Waals surface area (Å²) in [5.41, 5.74) is 0. The molecular weight excluding hydrogens is 222 g/mol. The van der Waals surface area contributed by atoms with Gasteiger partial charge < -0.3 is 0 Å². The molecule has 0 saturated carbocycles. The Labute approximate surface area is 66.7 Å². The summed E-state index contributed by atoms with van der Waals surface area (Å²) in [7, 11) is 0. The predicted octanol–water partition coefficient (Wildman–Crippen LogP) is -1.80. The summed E-state index contributed by atoms with van der Waals surface area (Å²) in [5.74, 6) is 0. The van der Waals surface area contributed by atoms with Gasteiger partial charge in [0.2, 0.25) is 0 Å². The van der Waals surface area contributed by atoms with Crippen LogP contribution in [0.4, 0.5) is 0 Å². The molecule has 2 unspecified atom stereocenters. The van der Waals surface area contributed by atoms with Crippen LogP contribution >= 0.6 is 0 Å². The van der Waals surface area contributed by atoms with Crippen LogP contribution in [-0.4, -0.2) is 33.7 Å². The normalized spacial score (nSPS) is 9.25. The molecule has 0 N–H and O–H groups in total. The second kappa shape index (κ2) is 2.76. The van der Waals surface area contributed by atoms with Gasteiger partial charge in [-0.25, -0.2) is 0 Å². The van der Waals surface area contributed by atoms with E-state index in [2.05, 4.69) is 24.3 Å². The van der Waals surface area contributed by atoms with Gasteiger partial charge in [-0.3, -0.25) is 0 Å². The molecule has 0 aliphatic carbocycles. The Bertz CT molecular complexity index is 166. The fourth-order valence-corrected chi connectivity index (χ4v) is 2.68. The first-order valence-electron chi connectivity index (χ1n) is 2.40. The van der Waals surface area contributed by atoms with Gasteiger partial charge in [0, 0.05) is 0 Å². The second-order valence-electron chi connectivity index (χ2n) is 1.67. The fourth-order valence-electron chi connectivity index (χ4n) is 0.559. The predicted molar refractivity (Wildman–Crippen MR) is 42.8 cm³/mol. The summed E-state index contributed by atoms with van der Waals surface area (Å²) in [6, 6.07) is 8.61. The van der Waals surface area contributed by atoms with Gasteiger partial charge in [-0.2, -0.15) is 0 Å². The minimum absolute atomic E-state index is 1.42. The van der Waals surface area contributed by atoms with Crippen molar-refractivity contribution in [2.45, 2.75) is 0 Å². The zero-order valence-electron chi connectivity index (χ0n) is 4.46. The first-order valence-corrected chi connectivity index (χ1v) is 4.82. The third-order valence-electron chi connectivity index (χ3n) is 0.911. The summed E-state index contributed by atoms with van der Waals surface area (Å²) < 4.78 is 2.83. The van der Waals surface area contributed by atoms with Crippen molar-refractivity contribution in [3.8, 4) is 0 Å². The summed E-state index contributed by atoms with van der Waals surface area (Å²) in [5, 5.41) is 0. The molecule has 0 aliphatic heterocycles. The van der Waals surface area contributed by atoms with E-state index in [4.69, 9.17) is 0 Å². The number of hydrogen-bond acceptors (Lipinski definition) is 0. The maximum atomic E-state index is 2.22. The van der Waals surface area contributed by atoms with E-state index in [0.29, 0.717) is 0 Å². The van der Waals surface area contributed by atoms with Crippen LogP contribution in [0.15, 0.2) is 24.3 Å². The van der Waals surface area contributed by atoms with Crippen LogP contribution in [0.1, 0.15) is 0 Å². The van der Waals surface area contributed by atoms with Crippen LogP contribution in [0.25, 0.3) is 0 Å². The second-order valence-corrected chi connectivity index (χ2v) is 4.47. The van der Waals surface area contributed by atoms with Gasteiger partial charge in [-0.05, 0) is 0 Å². The minimum atomic E-state index is 1.42. The summed E-state index contributed by atoms with van der Waals surface area (Å²) in [4.78, 5) is 0. The van der Waals surface area contributed by atoms with E-state index in [-0.39, 0.29) is 0 Å². The Morgan fingerprint density at radius 2 is 1.50 bits per heavy atom. The Morgan fingerprint density at radius 1 is 1.00 bits per heavy atom. The quantitative estimate of drug-likeness (QED) is 0.461. The summed E-state index contributed by atoms with van der Waals surface area (Å²) in [6.07, 6.45) is 0. The molecule has 0 amide bonds. The fraction of sp³-hybridized carbons (Fsp3) is 0. The zero-order chi connectivity index (χ0) is 5.98. The van der Waals surface area contributed by atoms with Crippen molar-refractivity contribution in [2.24, 2.45) is 0 Å². The van der Waals surface area contributed by atoms with Gasteiger partial charge >= 0.3 is 66.7 Å². The van der Waals surface area contributed by atoms with E-state index < -0.39 is 0 Å². The van der Waals surface area contributed by atoms with Crippen LogP contribution in [-0.2, 0) is 0 Å². The van der Waals surface area contributed by atoms with Crippen molar-refractivity contribution < 1.29 is 0 Å². The molecule has 2 heteroatoms. The molecule has 8 heavy (non-hydrogen) atoms. The molecule has 42 valence electrons. The summed E-state index contributed by atoms with van der Waals surface area (Å²) >= 11 is 3.39. The van der Waals surface area contributed by atoms with E-state index in [9.17, 15) is 0 Å². The average Bonchev–Trinajstić information content (AvgIpc) is 1.64. The molecule has 0 aliphatic rings. The van der Waals surface area contributed by atoms with E-state index in [1.807, 2.05) is 0 Å². The van der Waals surface area contributed by atoms with Crippen LogP contribution in [0, 0.1) is 0 Å². The number of rotatable bonds is 0. The molecule has 0 aromatic heterocycles. The standard InChI is InChI=1S/C6H8As2/c7-5-2-1-3-6(8)4-5/h1-4H,7-8H2. The van der Waals surface area contributed by atoms with Crippen molar-refractivity contribution in [3.05, 3.63) is 24.3 Å². The Kier molecular flexibility index (Phi) is 2.23. The van der Waals surface area contributed by atoms with Crippen LogP contribution < -0.4 is 8.70 Å².